The number of aliphatic hydroxyl groups is 1. The van der Waals surface area contributed by atoms with Gasteiger partial charge in [-0.15, -0.1) is 0 Å². The first-order valence-corrected chi connectivity index (χ1v) is 9.63. The molecule has 0 radical (unpaired) electrons. The summed E-state index contributed by atoms with van der Waals surface area (Å²) in [6, 6.07) is 7.68. The standard InChI is InChI=1S/C22H21F3N2O2/c23-13-3-1-12(2-4-13)21-17(18-9-14(24)10-19(25)22(18)27-21)7-8-20(29)26-15-5-6-16(28)11-15/h1-4,9-10,15-16,27-28H,5-8,11H2,(H,26,29)/t15-,16-/m0/s1. The summed E-state index contributed by atoms with van der Waals surface area (Å²) in [6.45, 7) is 0. The summed E-state index contributed by atoms with van der Waals surface area (Å²) in [5.74, 6) is -2.01. The number of halogens is 3. The van der Waals surface area contributed by atoms with Gasteiger partial charge in [0.2, 0.25) is 5.91 Å². The van der Waals surface area contributed by atoms with E-state index in [9.17, 15) is 23.1 Å². The Hall–Kier alpha value is -2.80. The average Bonchev–Trinajstić information content (AvgIpc) is 3.24. The Morgan fingerprint density at radius 3 is 2.55 bits per heavy atom. The molecular formula is C22H21F3N2O2. The molecule has 1 aliphatic carbocycles. The lowest BCUT2D eigenvalue weighted by Crippen LogP contribution is -2.33. The largest absolute Gasteiger partial charge is 0.393 e. The Labute approximate surface area is 165 Å². The smallest absolute Gasteiger partial charge is 0.220 e. The van der Waals surface area contributed by atoms with Crippen LogP contribution in [0.4, 0.5) is 13.2 Å². The number of H-pyrrole nitrogens is 1. The van der Waals surface area contributed by atoms with Gasteiger partial charge in [-0.2, -0.15) is 0 Å². The molecule has 7 heteroatoms. The van der Waals surface area contributed by atoms with Crippen LogP contribution < -0.4 is 5.32 Å². The van der Waals surface area contributed by atoms with Crippen molar-refractivity contribution in [1.29, 1.82) is 0 Å². The molecule has 0 aliphatic heterocycles. The van der Waals surface area contributed by atoms with Gasteiger partial charge in [0.15, 0.2) is 0 Å². The van der Waals surface area contributed by atoms with E-state index in [0.717, 1.165) is 12.5 Å². The maximum Gasteiger partial charge on any atom is 0.220 e. The summed E-state index contributed by atoms with van der Waals surface area (Å²) in [4.78, 5) is 15.3. The van der Waals surface area contributed by atoms with Crippen molar-refractivity contribution in [3.63, 3.8) is 0 Å². The molecule has 2 aromatic carbocycles. The van der Waals surface area contributed by atoms with Crippen molar-refractivity contribution in [2.24, 2.45) is 0 Å². The van der Waals surface area contributed by atoms with Crippen LogP contribution in [0.5, 0.6) is 0 Å². The van der Waals surface area contributed by atoms with Gasteiger partial charge in [-0.05, 0) is 67.1 Å². The van der Waals surface area contributed by atoms with E-state index in [-0.39, 0.29) is 36.4 Å². The first-order chi connectivity index (χ1) is 13.9. The summed E-state index contributed by atoms with van der Waals surface area (Å²) < 4.78 is 41.4. The summed E-state index contributed by atoms with van der Waals surface area (Å²) in [5, 5.41) is 12.9. The Bertz CT molecular complexity index is 1050. The van der Waals surface area contributed by atoms with Crippen molar-refractivity contribution in [3.05, 3.63) is 59.4 Å². The molecule has 4 nitrogen and oxygen atoms in total. The number of carbonyl (C=O) groups is 1. The summed E-state index contributed by atoms with van der Waals surface area (Å²) in [6.07, 6.45) is 1.95. The highest BCUT2D eigenvalue weighted by molar-refractivity contribution is 5.92. The molecule has 3 aromatic rings. The third-order valence-electron chi connectivity index (χ3n) is 5.44. The van der Waals surface area contributed by atoms with E-state index in [2.05, 4.69) is 10.3 Å². The summed E-state index contributed by atoms with van der Waals surface area (Å²) >= 11 is 0. The van der Waals surface area contributed by atoms with Crippen LogP contribution in [0.25, 0.3) is 22.2 Å². The van der Waals surface area contributed by atoms with E-state index >= 15 is 0 Å². The van der Waals surface area contributed by atoms with E-state index < -0.39 is 17.5 Å². The maximum atomic E-state index is 14.3. The van der Waals surface area contributed by atoms with Crippen LogP contribution in [0, 0.1) is 17.5 Å². The highest BCUT2D eigenvalue weighted by Crippen LogP contribution is 2.33. The molecule has 1 heterocycles. The first-order valence-electron chi connectivity index (χ1n) is 9.63. The van der Waals surface area contributed by atoms with Gasteiger partial charge < -0.3 is 15.4 Å². The van der Waals surface area contributed by atoms with Gasteiger partial charge in [0, 0.05) is 29.6 Å². The zero-order valence-electron chi connectivity index (χ0n) is 15.6. The SMILES string of the molecule is O=C(CCc1c(-c2ccc(F)cc2)[nH]c2c(F)cc(F)cc12)N[C@H]1CC[C@H](O)C1. The number of fused-ring (bicyclic) bond motifs is 1. The molecule has 1 amide bonds. The predicted molar refractivity (Wildman–Crippen MR) is 104 cm³/mol. The highest BCUT2D eigenvalue weighted by Gasteiger charge is 2.24. The molecular weight excluding hydrogens is 381 g/mol. The lowest BCUT2D eigenvalue weighted by atomic mass is 10.0. The third-order valence-corrected chi connectivity index (χ3v) is 5.44. The predicted octanol–water partition coefficient (Wildman–Crippen LogP) is 4.21. The molecule has 0 saturated heterocycles. The average molecular weight is 402 g/mol. The van der Waals surface area contributed by atoms with E-state index in [1.54, 1.807) is 12.1 Å². The normalized spacial score (nSPS) is 19.0. The first kappa shape index (κ1) is 19.5. The number of aliphatic hydroxyl groups excluding tert-OH is 1. The van der Waals surface area contributed by atoms with Gasteiger partial charge in [0.05, 0.1) is 11.6 Å². The molecule has 152 valence electrons. The fourth-order valence-corrected chi connectivity index (χ4v) is 4.02. The number of rotatable bonds is 5. The van der Waals surface area contributed by atoms with Crippen LogP contribution in [0.3, 0.4) is 0 Å². The van der Waals surface area contributed by atoms with Crippen molar-refractivity contribution < 1.29 is 23.1 Å². The third kappa shape index (κ3) is 4.15. The minimum absolute atomic E-state index is 0.0491. The quantitative estimate of drug-likeness (QED) is 0.599. The van der Waals surface area contributed by atoms with E-state index in [1.807, 2.05) is 0 Å². The molecule has 1 aromatic heterocycles. The molecule has 1 fully saturated rings. The fraction of sp³-hybridized carbons (Fsp3) is 0.318. The highest BCUT2D eigenvalue weighted by atomic mass is 19.1. The minimum atomic E-state index is -0.723. The molecule has 3 N–H and O–H groups in total. The Kier molecular flexibility index (Phi) is 5.32. The van der Waals surface area contributed by atoms with Crippen LogP contribution in [-0.2, 0) is 11.2 Å². The molecule has 0 spiro atoms. The molecule has 29 heavy (non-hydrogen) atoms. The van der Waals surface area contributed by atoms with Crippen LogP contribution in [0.1, 0.15) is 31.2 Å². The number of aromatic nitrogens is 1. The number of amides is 1. The van der Waals surface area contributed by atoms with Crippen molar-refractivity contribution in [2.45, 2.75) is 44.2 Å². The lowest BCUT2D eigenvalue weighted by molar-refractivity contribution is -0.121. The van der Waals surface area contributed by atoms with Gasteiger partial charge in [-0.1, -0.05) is 0 Å². The Morgan fingerprint density at radius 2 is 1.86 bits per heavy atom. The van der Waals surface area contributed by atoms with Crippen LogP contribution in [0.15, 0.2) is 36.4 Å². The van der Waals surface area contributed by atoms with Crippen LogP contribution >= 0.6 is 0 Å². The monoisotopic (exact) mass is 402 g/mol. The molecule has 4 rings (SSSR count). The Balaban J connectivity index is 1.63. The van der Waals surface area contributed by atoms with Crippen molar-refractivity contribution in [1.82, 2.24) is 10.3 Å². The van der Waals surface area contributed by atoms with Crippen molar-refractivity contribution in [3.8, 4) is 11.3 Å². The molecule has 2 atom stereocenters. The van der Waals surface area contributed by atoms with Crippen molar-refractivity contribution in [2.75, 3.05) is 0 Å². The van der Waals surface area contributed by atoms with Gasteiger partial charge in [0.25, 0.3) is 0 Å². The van der Waals surface area contributed by atoms with Crippen molar-refractivity contribution >= 4 is 16.8 Å². The number of carbonyl (C=O) groups excluding carboxylic acids is 1. The molecule has 0 unspecified atom stereocenters. The van der Waals surface area contributed by atoms with Gasteiger partial charge in [-0.3, -0.25) is 4.79 Å². The second kappa shape index (κ2) is 7.91. The van der Waals surface area contributed by atoms with Gasteiger partial charge in [0.1, 0.15) is 17.5 Å². The summed E-state index contributed by atoms with van der Waals surface area (Å²) in [5.41, 5.74) is 1.91. The summed E-state index contributed by atoms with van der Waals surface area (Å²) in [7, 11) is 0. The number of aromatic amines is 1. The maximum absolute atomic E-state index is 14.3. The molecule has 1 aliphatic rings. The van der Waals surface area contributed by atoms with E-state index in [4.69, 9.17) is 0 Å². The second-order valence-corrected chi connectivity index (χ2v) is 7.53. The number of nitrogens with one attached hydrogen (secondary N) is 2. The number of hydrogen-bond acceptors (Lipinski definition) is 2. The van der Waals surface area contributed by atoms with Crippen LogP contribution in [0.2, 0.25) is 0 Å². The zero-order chi connectivity index (χ0) is 20.5. The second-order valence-electron chi connectivity index (χ2n) is 7.53. The van der Waals surface area contributed by atoms with E-state index in [1.165, 1.54) is 18.2 Å². The number of benzene rings is 2. The minimum Gasteiger partial charge on any atom is -0.393 e. The fourth-order valence-electron chi connectivity index (χ4n) is 4.02. The zero-order valence-corrected chi connectivity index (χ0v) is 15.6. The van der Waals surface area contributed by atoms with Gasteiger partial charge >= 0.3 is 0 Å². The van der Waals surface area contributed by atoms with Crippen LogP contribution in [-0.4, -0.2) is 28.1 Å². The van der Waals surface area contributed by atoms with E-state index in [0.29, 0.717) is 35.0 Å². The van der Waals surface area contributed by atoms with Gasteiger partial charge in [-0.25, -0.2) is 13.2 Å². The topological polar surface area (TPSA) is 65.1 Å². The lowest BCUT2D eigenvalue weighted by Gasteiger charge is -2.12. The Morgan fingerprint density at radius 1 is 1.10 bits per heavy atom. The number of aryl methyl sites for hydroxylation is 1. The molecule has 1 saturated carbocycles. The number of hydrogen-bond donors (Lipinski definition) is 3. The molecule has 0 bridgehead atoms.